The Morgan fingerprint density at radius 2 is 0.765 bits per heavy atom. The number of benzene rings is 13. The Morgan fingerprint density at radius 3 is 1.22 bits per heavy atom. The standard InChI is InChI=1S/C18H15FN.C18H14N.C17H10NO.C17H12N.C16H11FN.3C11H8N.2C5H8O2.5Ir/c1-11-6-12(2)8-15(7-11)17-5-4-14-10-16(19)13(3)9-18(14)20-17;1-14-12-18(16-10-6-3-7-11-16)19-13-17(14)15-8-4-2-5-9-15;1-2-10-16-12(6-1)13-7-5-8-14(17(13)19-16)15-9-3-4-11-18-15;1-3-7-14(8-4-1)16-11-12-17(18-13-16)15-9-5-2-6-10-15;1-11-10-13(6-7-15(11)17)16-14-5-3-2-4-12(14)8-9-18-16;3*1-2-6-10(7-3-1)11-8-4-5-9-12-11;2*1-4(6)3-5(2)7;;;;;/h4-7,9-10H,1-3H3;2-10,12-13H,1H3;1-7,9-11H;1-9,11-13H;2-5,7-10H,1H3;3*1-6,8-9H;2*3,6H,1-2H3;;;;;/q8*-1;;;;;;;. The predicted octanol–water partition coefficient (Wildman–Crippen LogP) is 31.8. The summed E-state index contributed by atoms with van der Waals surface area (Å²) in [7, 11) is 0. The zero-order valence-corrected chi connectivity index (χ0v) is 94.7. The van der Waals surface area contributed by atoms with E-state index >= 15 is 0 Å². The van der Waals surface area contributed by atoms with Gasteiger partial charge in [-0.05, 0) is 174 Å². The molecule has 0 atom stereocenters. The van der Waals surface area contributed by atoms with Gasteiger partial charge in [0, 0.05) is 178 Å². The summed E-state index contributed by atoms with van der Waals surface area (Å²) in [6.45, 7) is 15.4. The van der Waals surface area contributed by atoms with Crippen LogP contribution < -0.4 is 0 Å². The van der Waals surface area contributed by atoms with Crippen LogP contribution in [-0.4, -0.2) is 61.7 Å². The van der Waals surface area contributed by atoms with Gasteiger partial charge in [-0.3, -0.25) is 19.0 Å². The van der Waals surface area contributed by atoms with Crippen LogP contribution in [0.5, 0.6) is 0 Å². The number of para-hydroxylation sites is 1. The average Bonchev–Trinajstić information content (AvgIpc) is 1.63. The van der Waals surface area contributed by atoms with Crippen molar-refractivity contribution in [1.82, 2.24) is 39.9 Å². The zero-order chi connectivity index (χ0) is 101. The number of pyridine rings is 8. The topological polar surface area (TPSA) is 191 Å². The van der Waals surface area contributed by atoms with Crippen LogP contribution in [0, 0.1) is 94.8 Å². The van der Waals surface area contributed by atoms with E-state index in [1.165, 1.54) is 79.8 Å². The van der Waals surface area contributed by atoms with Crippen LogP contribution in [0.3, 0.4) is 0 Å². The van der Waals surface area contributed by atoms with Crippen LogP contribution >= 0.6 is 0 Å². The number of halogens is 2. The van der Waals surface area contributed by atoms with Gasteiger partial charge in [-0.25, -0.2) is 4.39 Å². The molecule has 0 saturated heterocycles. The first-order valence-electron chi connectivity index (χ1n) is 46.4. The van der Waals surface area contributed by atoms with E-state index in [9.17, 15) is 18.4 Å². The van der Waals surface area contributed by atoms with Gasteiger partial charge in [-0.2, -0.15) is 0 Å². The summed E-state index contributed by atoms with van der Waals surface area (Å²) >= 11 is 0. The molecule has 0 saturated carbocycles. The van der Waals surface area contributed by atoms with E-state index in [4.69, 9.17) is 14.6 Å². The van der Waals surface area contributed by atoms with Crippen molar-refractivity contribution in [2.75, 3.05) is 0 Å². The number of carbonyl (C=O) groups is 2. The van der Waals surface area contributed by atoms with Crippen LogP contribution in [0.2, 0.25) is 0 Å². The first-order valence-corrected chi connectivity index (χ1v) is 46.4. The number of nitrogens with zero attached hydrogens (tertiary/aromatic N) is 8. The number of fused-ring (bicyclic) bond motifs is 5. The monoisotopic (exact) mass is 2850 g/mol. The molecule has 0 aliphatic rings. The number of allylic oxidation sites excluding steroid dienone is 4. The minimum absolute atomic E-state index is 0. The Hall–Kier alpha value is -15.1. The summed E-state index contributed by atoms with van der Waals surface area (Å²) in [5, 5.41) is 22.0. The number of rotatable bonds is 12. The predicted molar refractivity (Wildman–Crippen MR) is 579 cm³/mol. The van der Waals surface area contributed by atoms with E-state index in [1.807, 2.05) is 329 Å². The van der Waals surface area contributed by atoms with E-state index in [0.29, 0.717) is 11.1 Å². The number of furan rings is 1. The van der Waals surface area contributed by atoms with Crippen molar-refractivity contribution in [3.05, 3.63) is 543 Å². The molecule has 2 N–H and O–H groups in total. The van der Waals surface area contributed by atoms with Crippen molar-refractivity contribution in [1.29, 1.82) is 0 Å². The SMILES string of the molecule is CC(=O)C=C(C)O.CC(=O)C=C(C)O.Cc1[c-]c(-c2ccc3cc(F)c(C)cc3n2)cc(C)c1.Cc1cc(-c2[c-]cccc2)ncc1-c1ccccc1.Cc1cc(-c2nccc3ccccc23)[c-]cc1F.[Ir].[Ir].[Ir].[Ir].[Ir].[c-]1ccc2c(oc3ccccc32)c1-c1ccccn1.[c-]1ccccc1-c1ccc(-c2ccccc2)cn1.[c-]1ccccc1-c1ccccn1.[c-]1ccccc1-c1ccccn1.[c-]1ccccc1-c1ccccn1. The minimum Gasteiger partial charge on any atom is -0.512 e. The average molecular weight is 2840 g/mol. The van der Waals surface area contributed by atoms with E-state index in [-0.39, 0.29) is 135 Å². The normalized spacial score (nSPS) is 10.2. The molecule has 5 radical (unpaired) electrons. The van der Waals surface area contributed by atoms with Crippen LogP contribution in [0.25, 0.3) is 156 Å². The number of aryl methyl sites for hydroxylation is 5. The molecule has 13 aromatic carbocycles. The molecule has 755 valence electrons. The Morgan fingerprint density at radius 1 is 0.315 bits per heavy atom. The van der Waals surface area contributed by atoms with Gasteiger partial charge < -0.3 is 49.5 Å². The van der Waals surface area contributed by atoms with E-state index in [1.54, 1.807) is 57.0 Å². The van der Waals surface area contributed by atoms with Crippen molar-refractivity contribution < 1.29 is 134 Å². The van der Waals surface area contributed by atoms with Gasteiger partial charge in [0.1, 0.15) is 11.4 Å². The van der Waals surface area contributed by atoms with Crippen molar-refractivity contribution in [3.63, 3.8) is 0 Å². The Balaban J connectivity index is 0.000000204. The quantitative estimate of drug-likeness (QED) is 0.0668. The van der Waals surface area contributed by atoms with E-state index in [0.717, 1.165) is 145 Å². The second kappa shape index (κ2) is 62.8. The first kappa shape index (κ1) is 119. The third kappa shape index (κ3) is 37.1. The molecule has 0 fully saturated rings. The Bertz CT molecular complexity index is 7500. The molecule has 20 heteroatoms. The molecular formula is C129H102F2Ir5N8O5-8. The number of ketones is 2. The zero-order valence-electron chi connectivity index (χ0n) is 82.8. The largest absolute Gasteiger partial charge is 0.512 e. The first-order chi connectivity index (χ1) is 70.1. The minimum atomic E-state index is -0.237. The number of aliphatic hydroxyl groups is 2. The van der Waals surface area contributed by atoms with Crippen molar-refractivity contribution in [2.45, 2.75) is 62.3 Å². The van der Waals surface area contributed by atoms with Gasteiger partial charge in [-0.1, -0.05) is 219 Å². The molecule has 149 heavy (non-hydrogen) atoms. The van der Waals surface area contributed by atoms with Gasteiger partial charge in [0.2, 0.25) is 0 Å². The van der Waals surface area contributed by atoms with Crippen LogP contribution in [-0.2, 0) is 110 Å². The number of aromatic nitrogens is 8. The van der Waals surface area contributed by atoms with Crippen molar-refractivity contribution in [3.8, 4) is 112 Å². The summed E-state index contributed by atoms with van der Waals surface area (Å²) in [5.41, 5.74) is 27.3. The molecule has 9 heterocycles. The summed E-state index contributed by atoms with van der Waals surface area (Å²) in [5.74, 6) is -0.552. The molecule has 22 rings (SSSR count). The number of aliphatic hydroxyl groups excluding tert-OH is 2. The van der Waals surface area contributed by atoms with E-state index < -0.39 is 0 Å². The van der Waals surface area contributed by atoms with Gasteiger partial charge in [-0.15, -0.1) is 256 Å². The fourth-order valence-corrected chi connectivity index (χ4v) is 14.8. The van der Waals surface area contributed by atoms with Crippen molar-refractivity contribution in [2.24, 2.45) is 0 Å². The summed E-state index contributed by atoms with van der Waals surface area (Å²) in [6.07, 6.45) is 15.1. The molecule has 0 aliphatic carbocycles. The maximum absolute atomic E-state index is 13.5. The van der Waals surface area contributed by atoms with Gasteiger partial charge >= 0.3 is 0 Å². The fourth-order valence-electron chi connectivity index (χ4n) is 14.8. The summed E-state index contributed by atoms with van der Waals surface area (Å²) < 4.78 is 32.8. The molecule has 9 aromatic heterocycles. The van der Waals surface area contributed by atoms with Crippen LogP contribution in [0.1, 0.15) is 55.5 Å². The molecule has 0 amide bonds. The molecule has 0 aliphatic heterocycles. The van der Waals surface area contributed by atoms with Gasteiger partial charge in [0.05, 0.1) is 22.6 Å². The summed E-state index contributed by atoms with van der Waals surface area (Å²) in [4.78, 5) is 55.1. The third-order valence-corrected chi connectivity index (χ3v) is 21.5. The Kier molecular flexibility index (Phi) is 50.2. The number of hydrogen-bond donors (Lipinski definition) is 2. The van der Waals surface area contributed by atoms with Crippen LogP contribution in [0.15, 0.2) is 460 Å². The smallest absolute Gasteiger partial charge is 0.155 e. The second-order valence-electron chi connectivity index (χ2n) is 32.8. The molecule has 0 spiro atoms. The molecule has 0 unspecified atom stereocenters. The molecule has 0 bridgehead atoms. The molecule has 13 nitrogen and oxygen atoms in total. The second-order valence-corrected chi connectivity index (χ2v) is 32.8. The van der Waals surface area contributed by atoms with Crippen LogP contribution in [0.4, 0.5) is 8.78 Å². The number of hydrogen-bond acceptors (Lipinski definition) is 13. The fraction of sp³-hybridized carbons (Fsp3) is 0.0698. The van der Waals surface area contributed by atoms with Gasteiger partial charge in [0.25, 0.3) is 0 Å². The van der Waals surface area contributed by atoms with E-state index in [2.05, 4.69) is 157 Å². The van der Waals surface area contributed by atoms with Gasteiger partial charge in [0.15, 0.2) is 11.6 Å². The maximum atomic E-state index is 13.5. The molecular weight excluding hydrogens is 2740 g/mol. The van der Waals surface area contributed by atoms with Crippen molar-refractivity contribution >= 4 is 55.2 Å². The maximum Gasteiger partial charge on any atom is 0.155 e. The number of carbonyl (C=O) groups excluding carboxylic acids is 2. The third-order valence-electron chi connectivity index (χ3n) is 21.5. The Labute approximate surface area is 937 Å². The molecule has 22 aromatic rings. The summed E-state index contributed by atoms with van der Waals surface area (Å²) in [6, 6.07) is 151.